The molecule has 0 heterocycles. The van der Waals surface area contributed by atoms with E-state index in [2.05, 4.69) is 20.8 Å². The molecule has 0 saturated carbocycles. The molecule has 0 atom stereocenters. The molecule has 2 heteroatoms. The summed E-state index contributed by atoms with van der Waals surface area (Å²) >= 11 is 0. The first-order valence-electron chi connectivity index (χ1n) is 3.35. The molecule has 0 fully saturated rings. The Morgan fingerprint density at radius 2 is 1.25 bits per heavy atom. The van der Waals surface area contributed by atoms with Crippen molar-refractivity contribution in [3.8, 4) is 0 Å². The molecule has 0 aliphatic heterocycles. The molecule has 0 aliphatic carbocycles. The van der Waals surface area contributed by atoms with Gasteiger partial charge in [-0.1, -0.05) is 39.7 Å². The molecule has 0 aromatic carbocycles. The van der Waals surface area contributed by atoms with Crippen molar-refractivity contribution in [3.63, 3.8) is 0 Å². The van der Waals surface area contributed by atoms with Gasteiger partial charge in [-0.05, 0) is 0 Å². The van der Waals surface area contributed by atoms with Gasteiger partial charge in [-0.15, -0.1) is 0 Å². The Hall–Kier alpha value is 1.70. The molecule has 0 nitrogen and oxygen atoms in total. The maximum Gasteiger partial charge on any atom is 1.00 e. The van der Waals surface area contributed by atoms with Crippen LogP contribution < -0.4 is 51.4 Å². The predicted octanol–water partition coefficient (Wildman–Crippen LogP) is -0.343. The fourth-order valence-electron chi connectivity index (χ4n) is 0.866. The van der Waals surface area contributed by atoms with E-state index in [4.69, 9.17) is 0 Å². The van der Waals surface area contributed by atoms with Crippen LogP contribution in [0.3, 0.4) is 0 Å². The molecule has 0 aliphatic rings. The van der Waals surface area contributed by atoms with Crippen LogP contribution in [0.5, 0.6) is 0 Å². The third-order valence-electron chi connectivity index (χ3n) is 1.73. The van der Waals surface area contributed by atoms with Gasteiger partial charge in [-0.2, -0.15) is 0 Å². The topological polar surface area (TPSA) is 0 Å². The summed E-state index contributed by atoms with van der Waals surface area (Å²) in [6, 6.07) is 0. The molecule has 0 rings (SSSR count). The first-order valence-corrected chi connectivity index (χ1v) is 3.35. The minimum atomic E-state index is 0. The van der Waals surface area contributed by atoms with E-state index in [1.165, 1.54) is 19.0 Å². The summed E-state index contributed by atoms with van der Waals surface area (Å²) in [6.45, 7) is 7.77. The molecule has 0 aromatic rings. The molecule has 0 bridgehead atoms. The fraction of sp³-hybridized carbons (Fsp3) is 1.00. The second kappa shape index (κ2) is 8.70. The quantitative estimate of drug-likeness (QED) is 0.468. The molecule has 0 saturated heterocycles. The molecule has 0 amide bonds. The van der Waals surface area contributed by atoms with Crippen LogP contribution >= 0.6 is 0 Å². The Labute approximate surface area is 97.8 Å². The summed E-state index contributed by atoms with van der Waals surface area (Å²) in [5.74, 6) is 0. The zero-order valence-electron chi connectivity index (χ0n) is 7.70. The van der Waals surface area contributed by atoms with Gasteiger partial charge in [0.2, 0.25) is 0 Å². The van der Waals surface area contributed by atoms with E-state index < -0.39 is 0 Å². The fourth-order valence-corrected chi connectivity index (χ4v) is 0.866. The molecule has 0 radical (unpaired) electrons. The van der Waals surface area contributed by atoms with E-state index in [-0.39, 0.29) is 52.8 Å². The first-order chi connectivity index (χ1) is 3.35. The van der Waals surface area contributed by atoms with Gasteiger partial charge in [0.15, 0.2) is 0 Å². The second-order valence-electron chi connectivity index (χ2n) is 2.09. The van der Waals surface area contributed by atoms with Gasteiger partial charge in [0.1, 0.15) is 6.71 Å². The van der Waals surface area contributed by atoms with Gasteiger partial charge in [0, 0.05) is 0 Å². The van der Waals surface area contributed by atoms with Crippen molar-refractivity contribution in [3.05, 3.63) is 0 Å². The normalized spacial score (nSPS) is 7.88. The van der Waals surface area contributed by atoms with Crippen molar-refractivity contribution < 1.29 is 52.8 Å². The van der Waals surface area contributed by atoms with Gasteiger partial charge in [0.05, 0.1) is 0 Å². The standard InChI is InChI=1S/C6H15B.K.H/c1-4-7(5-2)6-3;;/h4-6H2,1-3H3;;/q;+1;-1. The Morgan fingerprint density at radius 1 is 1.00 bits per heavy atom. The van der Waals surface area contributed by atoms with Crippen LogP contribution in [0.2, 0.25) is 19.0 Å². The second-order valence-corrected chi connectivity index (χ2v) is 2.09. The maximum absolute atomic E-state index is 2.26. The maximum atomic E-state index is 2.26. The zero-order valence-corrected chi connectivity index (χ0v) is 9.82. The van der Waals surface area contributed by atoms with Crippen LogP contribution in [0.15, 0.2) is 0 Å². The SMILES string of the molecule is CCB(CC)CC.[H-].[K+]. The largest absolute Gasteiger partial charge is 1.00 e. The summed E-state index contributed by atoms with van der Waals surface area (Å²) in [7, 11) is 0. The van der Waals surface area contributed by atoms with E-state index in [9.17, 15) is 0 Å². The number of hydrogen-bond donors (Lipinski definition) is 0. The third kappa shape index (κ3) is 5.83. The summed E-state index contributed by atoms with van der Waals surface area (Å²) in [4.78, 5) is 0. The van der Waals surface area contributed by atoms with Gasteiger partial charge in [0.25, 0.3) is 0 Å². The van der Waals surface area contributed by atoms with Crippen LogP contribution in [-0.2, 0) is 0 Å². The van der Waals surface area contributed by atoms with Crippen LogP contribution in [0.1, 0.15) is 22.2 Å². The van der Waals surface area contributed by atoms with Crippen molar-refractivity contribution in [1.29, 1.82) is 0 Å². The average molecular weight is 138 g/mol. The minimum Gasteiger partial charge on any atom is -1.00 e. The van der Waals surface area contributed by atoms with Crippen molar-refractivity contribution in [2.24, 2.45) is 0 Å². The molecule has 0 unspecified atom stereocenters. The van der Waals surface area contributed by atoms with Crippen LogP contribution in [0, 0.1) is 0 Å². The van der Waals surface area contributed by atoms with Crippen LogP contribution in [0.4, 0.5) is 0 Å². The number of hydrogen-bond acceptors (Lipinski definition) is 0. The zero-order chi connectivity index (χ0) is 5.70. The molecule has 0 spiro atoms. The molecule has 0 N–H and O–H groups in total. The van der Waals surface area contributed by atoms with Gasteiger partial charge in [-0.25, -0.2) is 0 Å². The molecule has 8 heavy (non-hydrogen) atoms. The van der Waals surface area contributed by atoms with Crippen molar-refractivity contribution in [2.75, 3.05) is 0 Å². The molecular formula is C6H16BK. The van der Waals surface area contributed by atoms with Crippen molar-refractivity contribution >= 4 is 6.71 Å². The van der Waals surface area contributed by atoms with Crippen LogP contribution in [-0.4, -0.2) is 6.71 Å². The van der Waals surface area contributed by atoms with E-state index in [1.54, 1.807) is 0 Å². The summed E-state index contributed by atoms with van der Waals surface area (Å²) in [5, 5.41) is 0. The van der Waals surface area contributed by atoms with Gasteiger partial charge >= 0.3 is 51.4 Å². The Balaban J connectivity index is -0.000000180. The molecular weight excluding hydrogens is 122 g/mol. The molecule has 44 valence electrons. The number of rotatable bonds is 3. The van der Waals surface area contributed by atoms with E-state index in [0.717, 1.165) is 6.71 Å². The van der Waals surface area contributed by atoms with E-state index in [0.29, 0.717) is 0 Å². The van der Waals surface area contributed by atoms with E-state index >= 15 is 0 Å². The summed E-state index contributed by atoms with van der Waals surface area (Å²) in [5.41, 5.74) is 0. The molecule has 0 aromatic heterocycles. The Bertz CT molecular complexity index is 34.5. The Morgan fingerprint density at radius 3 is 1.25 bits per heavy atom. The van der Waals surface area contributed by atoms with Gasteiger partial charge in [-0.3, -0.25) is 0 Å². The summed E-state index contributed by atoms with van der Waals surface area (Å²) < 4.78 is 0. The van der Waals surface area contributed by atoms with Crippen molar-refractivity contribution in [1.82, 2.24) is 0 Å². The van der Waals surface area contributed by atoms with Gasteiger partial charge < -0.3 is 1.43 Å². The van der Waals surface area contributed by atoms with Crippen molar-refractivity contribution in [2.45, 2.75) is 39.7 Å². The minimum absolute atomic E-state index is 0. The smallest absolute Gasteiger partial charge is 1.00 e. The average Bonchev–Trinajstić information content (AvgIpc) is 1.72. The van der Waals surface area contributed by atoms with E-state index in [1.807, 2.05) is 0 Å². The third-order valence-corrected chi connectivity index (χ3v) is 1.73. The monoisotopic (exact) mass is 138 g/mol. The predicted molar refractivity (Wildman–Crippen MR) is 38.3 cm³/mol. The van der Waals surface area contributed by atoms with Crippen LogP contribution in [0.25, 0.3) is 0 Å². The Kier molecular flexibility index (Phi) is 13.5. The summed E-state index contributed by atoms with van der Waals surface area (Å²) in [6.07, 6.45) is 4.06. The first kappa shape index (κ1) is 12.4.